The lowest BCUT2D eigenvalue weighted by Gasteiger charge is -2.35. The van der Waals surface area contributed by atoms with Crippen LogP contribution < -0.4 is 20.3 Å². The summed E-state index contributed by atoms with van der Waals surface area (Å²) in [6, 6.07) is 7.86. The fourth-order valence-electron chi connectivity index (χ4n) is 2.95. The van der Waals surface area contributed by atoms with Crippen LogP contribution in [0.25, 0.3) is 0 Å². The van der Waals surface area contributed by atoms with E-state index >= 15 is 0 Å². The van der Waals surface area contributed by atoms with Crippen LogP contribution in [-0.2, 0) is 4.79 Å². The van der Waals surface area contributed by atoms with Crippen LogP contribution in [0.4, 0.5) is 17.5 Å². The zero-order valence-electron chi connectivity index (χ0n) is 14.1. The molecule has 24 heavy (non-hydrogen) atoms. The van der Waals surface area contributed by atoms with Gasteiger partial charge < -0.3 is 20.3 Å². The summed E-state index contributed by atoms with van der Waals surface area (Å²) in [5, 5.41) is 0. The minimum absolute atomic E-state index is 0.0300. The van der Waals surface area contributed by atoms with E-state index in [1.54, 1.807) is 6.07 Å². The summed E-state index contributed by atoms with van der Waals surface area (Å²) in [4.78, 5) is 24.5. The second-order valence-corrected chi connectivity index (χ2v) is 5.94. The summed E-state index contributed by atoms with van der Waals surface area (Å²) in [5.74, 6) is 1.16. The van der Waals surface area contributed by atoms with Crippen molar-refractivity contribution in [3.63, 3.8) is 0 Å². The summed E-state index contributed by atoms with van der Waals surface area (Å²) in [5.41, 5.74) is 8.94. The molecule has 1 aliphatic heterocycles. The normalized spacial score (nSPS) is 14.9. The van der Waals surface area contributed by atoms with Gasteiger partial charge in [-0.15, -0.1) is 0 Å². The van der Waals surface area contributed by atoms with Crippen molar-refractivity contribution in [2.75, 3.05) is 42.3 Å². The first-order valence-corrected chi connectivity index (χ1v) is 7.78. The molecule has 1 fully saturated rings. The number of hydrogen-bond acceptors (Lipinski definition) is 6. The zero-order chi connectivity index (χ0) is 17.3. The highest BCUT2D eigenvalue weighted by Gasteiger charge is 2.26. The number of carbonyl (C=O) groups is 1. The Morgan fingerprint density at radius 2 is 1.79 bits per heavy atom. The molecule has 7 nitrogen and oxygen atoms in total. The number of piperazine rings is 1. The van der Waals surface area contributed by atoms with Gasteiger partial charge in [-0.1, -0.05) is 6.07 Å². The van der Waals surface area contributed by atoms with Crippen LogP contribution in [0.5, 0.6) is 5.88 Å². The van der Waals surface area contributed by atoms with Crippen LogP contribution >= 0.6 is 0 Å². The van der Waals surface area contributed by atoms with Gasteiger partial charge in [0, 0.05) is 24.8 Å². The van der Waals surface area contributed by atoms with Gasteiger partial charge in [-0.25, -0.2) is 0 Å². The number of nitrogens with two attached hydrogens (primary N) is 1. The Morgan fingerprint density at radius 3 is 2.42 bits per heavy atom. The Balaban J connectivity index is 1.80. The van der Waals surface area contributed by atoms with E-state index in [4.69, 9.17) is 10.5 Å². The van der Waals surface area contributed by atoms with Crippen molar-refractivity contribution in [1.29, 1.82) is 0 Å². The third kappa shape index (κ3) is 3.24. The smallest absolute Gasteiger partial charge is 0.246 e. The molecule has 7 heteroatoms. The second-order valence-electron chi connectivity index (χ2n) is 5.94. The first-order valence-electron chi connectivity index (χ1n) is 7.78. The molecular weight excluding hydrogens is 306 g/mol. The molecule has 0 radical (unpaired) electrons. The minimum atomic E-state index is 0.0300. The Labute approximate surface area is 141 Å². The molecule has 0 bridgehead atoms. The number of hydrogen-bond donors (Lipinski definition) is 1. The van der Waals surface area contributed by atoms with E-state index in [9.17, 15) is 4.79 Å². The SMILES string of the molecule is COc1cc(N2CCN(c3cc(C)cc(C)c3)C(=O)C2)nc(N)n1. The number of benzene rings is 1. The number of aryl methyl sites for hydroxylation is 2. The Hall–Kier alpha value is -2.83. The molecule has 2 heterocycles. The van der Waals surface area contributed by atoms with Gasteiger partial charge in [-0.2, -0.15) is 9.97 Å². The van der Waals surface area contributed by atoms with Gasteiger partial charge in [0.2, 0.25) is 17.7 Å². The Bertz CT molecular complexity index is 757. The lowest BCUT2D eigenvalue weighted by atomic mass is 10.1. The molecule has 1 aromatic carbocycles. The quantitative estimate of drug-likeness (QED) is 0.920. The highest BCUT2D eigenvalue weighted by atomic mass is 16.5. The number of aromatic nitrogens is 2. The standard InChI is InChI=1S/C17H21N5O2/c1-11-6-12(2)8-13(7-11)22-5-4-21(10-16(22)23)14-9-15(24-3)20-17(18)19-14/h6-9H,4-5,10H2,1-3H3,(H2,18,19,20). The van der Waals surface area contributed by atoms with E-state index in [-0.39, 0.29) is 18.4 Å². The number of nitrogens with zero attached hydrogens (tertiary/aromatic N) is 4. The summed E-state index contributed by atoms with van der Waals surface area (Å²) < 4.78 is 5.12. The zero-order valence-corrected chi connectivity index (χ0v) is 14.1. The van der Waals surface area contributed by atoms with E-state index in [2.05, 4.69) is 16.0 Å². The average Bonchev–Trinajstić information content (AvgIpc) is 2.53. The summed E-state index contributed by atoms with van der Waals surface area (Å²) in [6.07, 6.45) is 0. The maximum atomic E-state index is 12.6. The van der Waals surface area contributed by atoms with Gasteiger partial charge in [0.05, 0.1) is 13.7 Å². The molecular formula is C17H21N5O2. The predicted octanol–water partition coefficient (Wildman–Crippen LogP) is 1.54. The molecule has 2 N–H and O–H groups in total. The highest BCUT2D eigenvalue weighted by Crippen LogP contribution is 2.24. The predicted molar refractivity (Wildman–Crippen MR) is 93.5 cm³/mol. The van der Waals surface area contributed by atoms with Crippen LogP contribution in [0.15, 0.2) is 24.3 Å². The first-order chi connectivity index (χ1) is 11.5. The maximum absolute atomic E-state index is 12.6. The van der Waals surface area contributed by atoms with Gasteiger partial charge in [0.1, 0.15) is 5.82 Å². The van der Waals surface area contributed by atoms with E-state index in [1.165, 1.54) is 7.11 Å². The number of rotatable bonds is 3. The monoisotopic (exact) mass is 327 g/mol. The molecule has 3 rings (SSSR count). The van der Waals surface area contributed by atoms with Crippen molar-refractivity contribution >= 4 is 23.4 Å². The summed E-state index contributed by atoms with van der Waals surface area (Å²) in [7, 11) is 1.52. The van der Waals surface area contributed by atoms with Crippen LogP contribution in [0.2, 0.25) is 0 Å². The van der Waals surface area contributed by atoms with Crippen molar-refractivity contribution in [1.82, 2.24) is 9.97 Å². The highest BCUT2D eigenvalue weighted by molar-refractivity contribution is 5.97. The molecule has 0 aliphatic carbocycles. The van der Waals surface area contributed by atoms with Crippen LogP contribution in [0.3, 0.4) is 0 Å². The molecule has 0 atom stereocenters. The van der Waals surface area contributed by atoms with Crippen molar-refractivity contribution in [3.05, 3.63) is 35.4 Å². The molecule has 0 saturated carbocycles. The van der Waals surface area contributed by atoms with Crippen molar-refractivity contribution in [3.8, 4) is 5.88 Å². The summed E-state index contributed by atoms with van der Waals surface area (Å²) in [6.45, 7) is 5.57. The Kier molecular flexibility index (Phi) is 4.24. The number of ether oxygens (including phenoxy) is 1. The third-order valence-electron chi connectivity index (χ3n) is 3.98. The molecule has 1 saturated heterocycles. The van der Waals surface area contributed by atoms with Gasteiger partial charge in [0.25, 0.3) is 0 Å². The number of methoxy groups -OCH3 is 1. The topological polar surface area (TPSA) is 84.6 Å². The molecule has 126 valence electrons. The molecule has 0 spiro atoms. The van der Waals surface area contributed by atoms with Gasteiger partial charge >= 0.3 is 0 Å². The second kappa shape index (κ2) is 6.35. The number of anilines is 3. The fourth-order valence-corrected chi connectivity index (χ4v) is 2.95. The van der Waals surface area contributed by atoms with Crippen molar-refractivity contribution in [2.24, 2.45) is 0 Å². The van der Waals surface area contributed by atoms with Gasteiger partial charge in [-0.3, -0.25) is 4.79 Å². The molecule has 1 amide bonds. The van der Waals surface area contributed by atoms with Crippen LogP contribution in [0.1, 0.15) is 11.1 Å². The maximum Gasteiger partial charge on any atom is 0.246 e. The fraction of sp³-hybridized carbons (Fsp3) is 0.353. The van der Waals surface area contributed by atoms with Crippen molar-refractivity contribution in [2.45, 2.75) is 13.8 Å². The van der Waals surface area contributed by atoms with E-state index in [0.29, 0.717) is 24.8 Å². The van der Waals surface area contributed by atoms with E-state index < -0.39 is 0 Å². The van der Waals surface area contributed by atoms with Gasteiger partial charge in [-0.05, 0) is 37.1 Å². The van der Waals surface area contributed by atoms with Crippen LogP contribution in [-0.4, -0.2) is 42.6 Å². The van der Waals surface area contributed by atoms with Crippen LogP contribution in [0, 0.1) is 13.8 Å². The molecule has 0 unspecified atom stereocenters. The van der Waals surface area contributed by atoms with Crippen molar-refractivity contribution < 1.29 is 9.53 Å². The van der Waals surface area contributed by atoms with E-state index in [1.807, 2.05) is 35.8 Å². The molecule has 1 aromatic heterocycles. The minimum Gasteiger partial charge on any atom is -0.481 e. The summed E-state index contributed by atoms with van der Waals surface area (Å²) >= 11 is 0. The van der Waals surface area contributed by atoms with E-state index in [0.717, 1.165) is 16.8 Å². The Morgan fingerprint density at radius 1 is 1.08 bits per heavy atom. The number of amides is 1. The first kappa shape index (κ1) is 16.0. The average molecular weight is 327 g/mol. The lowest BCUT2D eigenvalue weighted by molar-refractivity contribution is -0.117. The number of nitrogen functional groups attached to an aromatic ring is 1. The van der Waals surface area contributed by atoms with Gasteiger partial charge in [0.15, 0.2) is 0 Å². The largest absolute Gasteiger partial charge is 0.481 e. The molecule has 2 aromatic rings. The lowest BCUT2D eigenvalue weighted by Crippen LogP contribution is -2.51. The third-order valence-corrected chi connectivity index (χ3v) is 3.98. The number of carbonyl (C=O) groups excluding carboxylic acids is 1. The molecule has 1 aliphatic rings.